The van der Waals surface area contributed by atoms with Crippen molar-refractivity contribution in [3.05, 3.63) is 35.2 Å². The first-order chi connectivity index (χ1) is 10.2. The van der Waals surface area contributed by atoms with Gasteiger partial charge in [-0.05, 0) is 30.7 Å². The molecule has 6 nitrogen and oxygen atoms in total. The predicted octanol–water partition coefficient (Wildman–Crippen LogP) is 1.79. The van der Waals surface area contributed by atoms with Gasteiger partial charge in [0.25, 0.3) is 0 Å². The van der Waals surface area contributed by atoms with E-state index in [2.05, 4.69) is 15.5 Å². The van der Waals surface area contributed by atoms with Gasteiger partial charge in [0, 0.05) is 36.5 Å². The van der Waals surface area contributed by atoms with E-state index in [1.165, 1.54) is 0 Å². The molecule has 1 aromatic heterocycles. The summed E-state index contributed by atoms with van der Waals surface area (Å²) in [6.07, 6.45) is 1.63. The molecule has 0 spiro atoms. The highest BCUT2D eigenvalue weighted by Gasteiger charge is 2.09. The number of hydrogen-bond acceptors (Lipinski definition) is 5. The zero-order chi connectivity index (χ0) is 15.1. The van der Waals surface area contributed by atoms with Crippen molar-refractivity contribution in [3.8, 4) is 11.4 Å². The van der Waals surface area contributed by atoms with Crippen molar-refractivity contribution >= 4 is 17.5 Å². The lowest BCUT2D eigenvalue weighted by Crippen LogP contribution is -2.28. The summed E-state index contributed by atoms with van der Waals surface area (Å²) >= 11 is 5.83. The summed E-state index contributed by atoms with van der Waals surface area (Å²) in [4.78, 5) is 15.7. The summed E-state index contributed by atoms with van der Waals surface area (Å²) in [7, 11) is 0. The van der Waals surface area contributed by atoms with Crippen LogP contribution < -0.4 is 11.1 Å². The molecule has 1 heterocycles. The molecule has 0 saturated heterocycles. The van der Waals surface area contributed by atoms with Gasteiger partial charge in [-0.1, -0.05) is 16.8 Å². The number of rotatable bonds is 7. The van der Waals surface area contributed by atoms with Crippen molar-refractivity contribution in [2.75, 3.05) is 13.1 Å². The topological polar surface area (TPSA) is 94.0 Å². The third-order valence-electron chi connectivity index (χ3n) is 2.83. The Bertz CT molecular complexity index is 583. The second-order valence-electron chi connectivity index (χ2n) is 4.51. The third kappa shape index (κ3) is 4.84. The molecule has 2 aromatic rings. The number of hydrogen-bond donors (Lipinski definition) is 2. The van der Waals surface area contributed by atoms with Crippen LogP contribution in [0.25, 0.3) is 11.4 Å². The van der Waals surface area contributed by atoms with Crippen molar-refractivity contribution in [1.82, 2.24) is 15.5 Å². The van der Waals surface area contributed by atoms with Crippen molar-refractivity contribution in [3.63, 3.8) is 0 Å². The van der Waals surface area contributed by atoms with Crippen molar-refractivity contribution in [2.24, 2.45) is 5.73 Å². The predicted molar refractivity (Wildman–Crippen MR) is 79.7 cm³/mol. The van der Waals surface area contributed by atoms with Gasteiger partial charge >= 0.3 is 0 Å². The Morgan fingerprint density at radius 2 is 2.10 bits per heavy atom. The highest BCUT2D eigenvalue weighted by molar-refractivity contribution is 6.30. The largest absolute Gasteiger partial charge is 0.355 e. The first kappa shape index (κ1) is 15.5. The van der Waals surface area contributed by atoms with Crippen LogP contribution in [-0.2, 0) is 11.2 Å². The minimum absolute atomic E-state index is 0.0158. The molecule has 112 valence electrons. The van der Waals surface area contributed by atoms with Crippen LogP contribution in [0, 0.1) is 0 Å². The number of nitrogens with two attached hydrogens (primary N) is 1. The Labute approximate surface area is 127 Å². The Balaban J connectivity index is 1.83. The monoisotopic (exact) mass is 308 g/mol. The second kappa shape index (κ2) is 7.75. The maximum absolute atomic E-state index is 11.4. The third-order valence-corrected chi connectivity index (χ3v) is 3.08. The van der Waals surface area contributed by atoms with Crippen LogP contribution in [-0.4, -0.2) is 29.1 Å². The van der Waals surface area contributed by atoms with E-state index < -0.39 is 0 Å². The fourth-order valence-corrected chi connectivity index (χ4v) is 1.90. The molecule has 3 N–H and O–H groups in total. The van der Waals surface area contributed by atoms with Crippen LogP contribution in [0.15, 0.2) is 28.8 Å². The molecular formula is C14H17ClN4O2. The van der Waals surface area contributed by atoms with Gasteiger partial charge in [-0.15, -0.1) is 0 Å². The van der Waals surface area contributed by atoms with E-state index in [9.17, 15) is 4.79 Å². The van der Waals surface area contributed by atoms with E-state index >= 15 is 0 Å². The molecular weight excluding hydrogens is 292 g/mol. The zero-order valence-electron chi connectivity index (χ0n) is 11.5. The number of carbonyl (C=O) groups is 1. The second-order valence-corrected chi connectivity index (χ2v) is 4.95. The van der Waals surface area contributed by atoms with Crippen LogP contribution in [0.5, 0.6) is 0 Å². The highest BCUT2D eigenvalue weighted by atomic mass is 35.5. The SMILES string of the molecule is NCCNC(=O)CCCc1nc(-c2ccc(Cl)cc2)no1. The molecule has 2 rings (SSSR count). The van der Waals surface area contributed by atoms with Crippen LogP contribution in [0.4, 0.5) is 0 Å². The van der Waals surface area contributed by atoms with Gasteiger partial charge in [0.05, 0.1) is 0 Å². The van der Waals surface area contributed by atoms with Gasteiger partial charge in [0.2, 0.25) is 17.6 Å². The molecule has 0 radical (unpaired) electrons. The van der Waals surface area contributed by atoms with Crippen LogP contribution >= 0.6 is 11.6 Å². The van der Waals surface area contributed by atoms with E-state index in [1.807, 2.05) is 12.1 Å². The number of aromatic nitrogens is 2. The van der Waals surface area contributed by atoms with Crippen molar-refractivity contribution in [2.45, 2.75) is 19.3 Å². The fourth-order valence-electron chi connectivity index (χ4n) is 1.77. The number of amides is 1. The molecule has 0 saturated carbocycles. The normalized spacial score (nSPS) is 10.6. The highest BCUT2D eigenvalue weighted by Crippen LogP contribution is 2.19. The quantitative estimate of drug-likeness (QED) is 0.813. The molecule has 0 fully saturated rings. The van der Waals surface area contributed by atoms with Crippen LogP contribution in [0.2, 0.25) is 5.02 Å². The summed E-state index contributed by atoms with van der Waals surface area (Å²) in [6.45, 7) is 0.944. The maximum Gasteiger partial charge on any atom is 0.226 e. The first-order valence-electron chi connectivity index (χ1n) is 6.74. The van der Waals surface area contributed by atoms with Crippen LogP contribution in [0.3, 0.4) is 0 Å². The Kier molecular flexibility index (Phi) is 5.71. The van der Waals surface area contributed by atoms with Gasteiger partial charge in [-0.25, -0.2) is 0 Å². The lowest BCUT2D eigenvalue weighted by molar-refractivity contribution is -0.121. The van der Waals surface area contributed by atoms with E-state index in [0.29, 0.717) is 49.1 Å². The molecule has 0 aliphatic rings. The lowest BCUT2D eigenvalue weighted by atomic mass is 10.2. The number of benzene rings is 1. The molecule has 1 aromatic carbocycles. The Morgan fingerprint density at radius 1 is 1.33 bits per heavy atom. The van der Waals surface area contributed by atoms with Gasteiger partial charge in [0.1, 0.15) is 0 Å². The summed E-state index contributed by atoms with van der Waals surface area (Å²) in [5.41, 5.74) is 6.15. The molecule has 21 heavy (non-hydrogen) atoms. The molecule has 0 aliphatic heterocycles. The standard InChI is InChI=1S/C14H17ClN4O2/c15-11-6-4-10(5-7-11)14-18-13(21-19-14)3-1-2-12(20)17-9-8-16/h4-7H,1-3,8-9,16H2,(H,17,20). The minimum atomic E-state index is -0.0158. The van der Waals surface area contributed by atoms with Gasteiger partial charge in [-0.2, -0.15) is 4.98 Å². The van der Waals surface area contributed by atoms with E-state index in [1.54, 1.807) is 12.1 Å². The van der Waals surface area contributed by atoms with E-state index in [4.69, 9.17) is 21.9 Å². The molecule has 0 bridgehead atoms. The van der Waals surface area contributed by atoms with Crippen LogP contribution in [0.1, 0.15) is 18.7 Å². The number of halogens is 1. The van der Waals surface area contributed by atoms with Gasteiger partial charge < -0.3 is 15.6 Å². The van der Waals surface area contributed by atoms with Gasteiger partial charge in [-0.3, -0.25) is 4.79 Å². The Hall–Kier alpha value is -1.92. The molecule has 1 amide bonds. The summed E-state index contributed by atoms with van der Waals surface area (Å²) in [5.74, 6) is 1.03. The average molecular weight is 309 g/mol. The van der Waals surface area contributed by atoms with E-state index in [-0.39, 0.29) is 5.91 Å². The molecule has 0 atom stereocenters. The van der Waals surface area contributed by atoms with E-state index in [0.717, 1.165) is 5.56 Å². The maximum atomic E-state index is 11.4. The number of aryl methyl sites for hydroxylation is 1. The smallest absolute Gasteiger partial charge is 0.226 e. The summed E-state index contributed by atoms with van der Waals surface area (Å²) in [6, 6.07) is 7.21. The number of nitrogens with zero attached hydrogens (tertiary/aromatic N) is 2. The minimum Gasteiger partial charge on any atom is -0.355 e. The molecule has 7 heteroatoms. The van der Waals surface area contributed by atoms with Crippen molar-refractivity contribution < 1.29 is 9.32 Å². The van der Waals surface area contributed by atoms with Crippen molar-refractivity contribution in [1.29, 1.82) is 0 Å². The summed E-state index contributed by atoms with van der Waals surface area (Å²) < 4.78 is 5.17. The number of carbonyl (C=O) groups excluding carboxylic acids is 1. The fraction of sp³-hybridized carbons (Fsp3) is 0.357. The lowest BCUT2D eigenvalue weighted by Gasteiger charge is -2.01. The Morgan fingerprint density at radius 3 is 2.81 bits per heavy atom. The zero-order valence-corrected chi connectivity index (χ0v) is 12.3. The average Bonchev–Trinajstić information content (AvgIpc) is 2.95. The van der Waals surface area contributed by atoms with Gasteiger partial charge in [0.15, 0.2) is 0 Å². The molecule has 0 unspecified atom stereocenters. The number of nitrogens with one attached hydrogen (secondary N) is 1. The summed E-state index contributed by atoms with van der Waals surface area (Å²) in [5, 5.41) is 7.29. The first-order valence-corrected chi connectivity index (χ1v) is 7.12. The molecule has 0 aliphatic carbocycles.